The van der Waals surface area contributed by atoms with Crippen LogP contribution in [0.4, 0.5) is 5.95 Å². The van der Waals surface area contributed by atoms with Gasteiger partial charge >= 0.3 is 0 Å². The summed E-state index contributed by atoms with van der Waals surface area (Å²) < 4.78 is 0. The normalized spacial score (nSPS) is 14.7. The van der Waals surface area contributed by atoms with Gasteiger partial charge in [0, 0.05) is 42.0 Å². The van der Waals surface area contributed by atoms with E-state index in [0.29, 0.717) is 0 Å². The van der Waals surface area contributed by atoms with Crippen LogP contribution in [-0.4, -0.2) is 36.1 Å². The fourth-order valence-electron chi connectivity index (χ4n) is 2.85. The quantitative estimate of drug-likeness (QED) is 0.771. The molecule has 0 atom stereocenters. The van der Waals surface area contributed by atoms with Crippen LogP contribution < -0.4 is 10.2 Å². The maximum atomic E-state index is 4.90. The summed E-state index contributed by atoms with van der Waals surface area (Å²) >= 11 is 1.75. The lowest BCUT2D eigenvalue weighted by atomic mass is 10.1. The van der Waals surface area contributed by atoms with Gasteiger partial charge in [-0.05, 0) is 13.0 Å². The summed E-state index contributed by atoms with van der Waals surface area (Å²) in [6.45, 7) is 6.04. The van der Waals surface area contributed by atoms with E-state index in [1.807, 2.05) is 6.07 Å². The van der Waals surface area contributed by atoms with Crippen LogP contribution in [-0.2, 0) is 0 Å². The Labute approximate surface area is 146 Å². The van der Waals surface area contributed by atoms with E-state index >= 15 is 0 Å². The molecule has 0 spiro atoms. The summed E-state index contributed by atoms with van der Waals surface area (Å²) in [5.74, 6) is 0.856. The number of fused-ring (bicyclic) bond motifs is 1. The molecule has 0 unspecified atom stereocenters. The Hall–Kier alpha value is -1.69. The zero-order valence-electron chi connectivity index (χ0n) is 13.0. The molecular weight excluding hydrogens is 328 g/mol. The minimum Gasteiger partial charge on any atom is -0.338 e. The van der Waals surface area contributed by atoms with Crippen LogP contribution in [0.5, 0.6) is 0 Å². The van der Waals surface area contributed by atoms with Crippen LogP contribution in [0.1, 0.15) is 4.88 Å². The molecule has 4 nitrogen and oxygen atoms in total. The highest BCUT2D eigenvalue weighted by atomic mass is 35.5. The molecule has 3 heterocycles. The van der Waals surface area contributed by atoms with Crippen LogP contribution in [0, 0.1) is 6.92 Å². The zero-order valence-corrected chi connectivity index (χ0v) is 14.6. The number of rotatable bonds is 2. The maximum absolute atomic E-state index is 4.90. The third-order valence-corrected chi connectivity index (χ3v) is 4.90. The van der Waals surface area contributed by atoms with Gasteiger partial charge in [0.05, 0.1) is 5.69 Å². The van der Waals surface area contributed by atoms with Crippen LogP contribution in [0.3, 0.4) is 0 Å². The molecule has 0 amide bonds. The molecule has 0 radical (unpaired) electrons. The summed E-state index contributed by atoms with van der Waals surface area (Å²) in [7, 11) is 0. The van der Waals surface area contributed by atoms with Gasteiger partial charge in [0.1, 0.15) is 4.83 Å². The number of halogens is 1. The van der Waals surface area contributed by atoms with Crippen molar-refractivity contribution in [2.75, 3.05) is 31.1 Å². The smallest absolute Gasteiger partial charge is 0.227 e. The first kappa shape index (κ1) is 16.2. The van der Waals surface area contributed by atoms with E-state index in [2.05, 4.69) is 47.5 Å². The molecule has 2 aromatic heterocycles. The van der Waals surface area contributed by atoms with Crippen LogP contribution in [0.2, 0.25) is 0 Å². The molecule has 0 saturated carbocycles. The number of nitrogens with zero attached hydrogens (tertiary/aromatic N) is 3. The molecule has 1 N–H and O–H groups in total. The van der Waals surface area contributed by atoms with Gasteiger partial charge in [-0.15, -0.1) is 23.7 Å². The minimum atomic E-state index is 0. The van der Waals surface area contributed by atoms with Crippen LogP contribution >= 0.6 is 23.7 Å². The summed E-state index contributed by atoms with van der Waals surface area (Å²) in [5.41, 5.74) is 2.20. The van der Waals surface area contributed by atoms with E-state index in [1.165, 1.54) is 4.88 Å². The Kier molecular flexibility index (Phi) is 4.80. The Balaban J connectivity index is 0.00000156. The first-order chi connectivity index (χ1) is 10.8. The van der Waals surface area contributed by atoms with Crippen LogP contribution in [0.25, 0.3) is 21.5 Å². The third kappa shape index (κ3) is 3.17. The molecule has 0 bridgehead atoms. The van der Waals surface area contributed by atoms with Gasteiger partial charge in [-0.2, -0.15) is 0 Å². The Bertz CT molecular complexity index is 797. The molecular formula is C17H19ClN4S. The first-order valence-corrected chi connectivity index (χ1v) is 8.42. The van der Waals surface area contributed by atoms with E-state index in [0.717, 1.165) is 53.6 Å². The highest BCUT2D eigenvalue weighted by molar-refractivity contribution is 7.18. The summed E-state index contributed by atoms with van der Waals surface area (Å²) in [5, 5.41) is 4.54. The van der Waals surface area contributed by atoms with E-state index in [9.17, 15) is 0 Å². The topological polar surface area (TPSA) is 41.1 Å². The Morgan fingerprint density at radius 2 is 1.83 bits per heavy atom. The lowest BCUT2D eigenvalue weighted by Crippen LogP contribution is -2.44. The molecule has 3 aromatic rings. The lowest BCUT2D eigenvalue weighted by Gasteiger charge is -2.27. The number of benzene rings is 1. The fourth-order valence-corrected chi connectivity index (χ4v) is 3.73. The van der Waals surface area contributed by atoms with Crippen molar-refractivity contribution in [3.63, 3.8) is 0 Å². The van der Waals surface area contributed by atoms with Gasteiger partial charge in [-0.1, -0.05) is 30.3 Å². The number of anilines is 1. The molecule has 0 aliphatic carbocycles. The van der Waals surface area contributed by atoms with E-state index < -0.39 is 0 Å². The number of nitrogens with one attached hydrogen (secondary N) is 1. The second-order valence-corrected chi connectivity index (χ2v) is 6.79. The van der Waals surface area contributed by atoms with Gasteiger partial charge in [0.25, 0.3) is 0 Å². The number of hydrogen-bond acceptors (Lipinski definition) is 5. The Morgan fingerprint density at radius 1 is 1.09 bits per heavy atom. The van der Waals surface area contributed by atoms with E-state index in [4.69, 9.17) is 9.97 Å². The Morgan fingerprint density at radius 3 is 2.57 bits per heavy atom. The third-order valence-electron chi connectivity index (χ3n) is 3.95. The van der Waals surface area contributed by atoms with Gasteiger partial charge in [-0.3, -0.25) is 0 Å². The van der Waals surface area contributed by atoms with Gasteiger partial charge in [-0.25, -0.2) is 9.97 Å². The highest BCUT2D eigenvalue weighted by Crippen LogP contribution is 2.33. The van der Waals surface area contributed by atoms with E-state index in [-0.39, 0.29) is 12.4 Å². The van der Waals surface area contributed by atoms with Crippen molar-refractivity contribution in [2.45, 2.75) is 6.92 Å². The molecule has 6 heteroatoms. The van der Waals surface area contributed by atoms with Gasteiger partial charge in [0.2, 0.25) is 5.95 Å². The molecule has 1 aliphatic rings. The van der Waals surface area contributed by atoms with Crippen molar-refractivity contribution >= 4 is 39.9 Å². The van der Waals surface area contributed by atoms with E-state index in [1.54, 1.807) is 11.3 Å². The summed E-state index contributed by atoms with van der Waals surface area (Å²) in [6, 6.07) is 12.6. The average Bonchev–Trinajstić information content (AvgIpc) is 2.95. The van der Waals surface area contributed by atoms with Crippen molar-refractivity contribution in [2.24, 2.45) is 0 Å². The number of piperazine rings is 1. The molecule has 1 fully saturated rings. The fraction of sp³-hybridized carbons (Fsp3) is 0.294. The number of aromatic nitrogens is 2. The zero-order chi connectivity index (χ0) is 14.9. The number of hydrogen-bond donors (Lipinski definition) is 1. The monoisotopic (exact) mass is 346 g/mol. The number of thiophene rings is 1. The molecule has 23 heavy (non-hydrogen) atoms. The van der Waals surface area contributed by atoms with Gasteiger partial charge in [0.15, 0.2) is 0 Å². The molecule has 4 rings (SSSR count). The molecule has 1 saturated heterocycles. The van der Waals surface area contributed by atoms with Crippen molar-refractivity contribution < 1.29 is 0 Å². The highest BCUT2D eigenvalue weighted by Gasteiger charge is 2.17. The second kappa shape index (κ2) is 6.83. The van der Waals surface area contributed by atoms with Crippen LogP contribution in [0.15, 0.2) is 36.4 Å². The SMILES string of the molecule is Cc1cc2c(-c3ccccc3)nc(N3CCNCC3)nc2s1.Cl. The summed E-state index contributed by atoms with van der Waals surface area (Å²) in [4.78, 5) is 14.3. The van der Waals surface area contributed by atoms with Gasteiger partial charge < -0.3 is 10.2 Å². The average molecular weight is 347 g/mol. The largest absolute Gasteiger partial charge is 0.338 e. The first-order valence-electron chi connectivity index (χ1n) is 7.60. The summed E-state index contributed by atoms with van der Waals surface area (Å²) in [6.07, 6.45) is 0. The molecule has 1 aliphatic heterocycles. The minimum absolute atomic E-state index is 0. The van der Waals surface area contributed by atoms with Crippen molar-refractivity contribution in [1.29, 1.82) is 0 Å². The van der Waals surface area contributed by atoms with Crippen molar-refractivity contribution in [3.8, 4) is 11.3 Å². The standard InChI is InChI=1S/C17H18N4S.ClH/c1-12-11-14-15(13-5-3-2-4-6-13)19-17(20-16(14)22-12)21-9-7-18-8-10-21;/h2-6,11,18H,7-10H2,1H3;1H. The molecule has 120 valence electrons. The predicted molar refractivity (Wildman–Crippen MR) is 99.9 cm³/mol. The van der Waals surface area contributed by atoms with Crippen molar-refractivity contribution in [1.82, 2.24) is 15.3 Å². The number of aryl methyl sites for hydroxylation is 1. The van der Waals surface area contributed by atoms with Crippen molar-refractivity contribution in [3.05, 3.63) is 41.3 Å². The lowest BCUT2D eigenvalue weighted by molar-refractivity contribution is 0.581. The second-order valence-electron chi connectivity index (χ2n) is 5.55. The maximum Gasteiger partial charge on any atom is 0.227 e. The molecule has 1 aromatic carbocycles. The predicted octanol–water partition coefficient (Wildman–Crippen LogP) is 3.50.